The number of hydrogen-bond acceptors (Lipinski definition) is 5. The second-order valence-electron chi connectivity index (χ2n) is 5.76. The van der Waals surface area contributed by atoms with Crippen molar-refractivity contribution in [1.82, 2.24) is 19.6 Å². The number of nitro groups is 1. The molecule has 0 bridgehead atoms. The number of aromatic nitrogens is 4. The molecule has 0 saturated heterocycles. The van der Waals surface area contributed by atoms with Crippen LogP contribution >= 0.6 is 11.6 Å². The highest BCUT2D eigenvalue weighted by Gasteiger charge is 2.20. The Morgan fingerprint density at radius 2 is 2.04 bits per heavy atom. The lowest BCUT2D eigenvalue weighted by atomic mass is 10.2. The zero-order valence-corrected chi connectivity index (χ0v) is 14.9. The van der Waals surface area contributed by atoms with Gasteiger partial charge in [0, 0.05) is 6.20 Å². The highest BCUT2D eigenvalue weighted by Crippen LogP contribution is 2.20. The molecule has 11 heteroatoms. The van der Waals surface area contributed by atoms with Crippen LogP contribution in [0.1, 0.15) is 11.3 Å². The molecule has 0 fully saturated rings. The van der Waals surface area contributed by atoms with Gasteiger partial charge < -0.3 is 15.4 Å². The van der Waals surface area contributed by atoms with Gasteiger partial charge in [0.15, 0.2) is 12.4 Å². The van der Waals surface area contributed by atoms with Gasteiger partial charge in [-0.15, -0.1) is 4.68 Å². The predicted octanol–water partition coefficient (Wildman–Crippen LogP) is 2.78. The molecule has 2 heterocycles. The first-order valence-corrected chi connectivity index (χ1v) is 8.15. The number of hydrogen-bond donors (Lipinski definition) is 1. The van der Waals surface area contributed by atoms with Crippen molar-refractivity contribution >= 4 is 29.1 Å². The van der Waals surface area contributed by atoms with Crippen LogP contribution in [0.25, 0.3) is 0 Å². The lowest BCUT2D eigenvalue weighted by molar-refractivity contribution is -0.392. The third-order valence-corrected chi connectivity index (χ3v) is 3.87. The van der Waals surface area contributed by atoms with Gasteiger partial charge in [-0.3, -0.25) is 9.48 Å². The molecule has 2 aromatic heterocycles. The van der Waals surface area contributed by atoms with Crippen LogP contribution in [0.5, 0.6) is 0 Å². The monoisotopic (exact) mass is 392 g/mol. The van der Waals surface area contributed by atoms with Crippen molar-refractivity contribution in [3.8, 4) is 0 Å². The van der Waals surface area contributed by atoms with E-state index in [0.29, 0.717) is 12.2 Å². The van der Waals surface area contributed by atoms with Crippen molar-refractivity contribution in [1.29, 1.82) is 0 Å². The summed E-state index contributed by atoms with van der Waals surface area (Å²) in [5.74, 6) is -1.06. The Balaban J connectivity index is 1.69. The minimum atomic E-state index is -0.613. The molecule has 3 rings (SSSR count). The average Bonchev–Trinajstić information content (AvgIpc) is 3.12. The SMILES string of the molecule is Cc1cc([N+](=O)[O-])n(CC(=O)Nc2nn(Cc3ccc(F)cc3)cc2Cl)n1. The van der Waals surface area contributed by atoms with Crippen LogP contribution in [0.2, 0.25) is 5.02 Å². The predicted molar refractivity (Wildman–Crippen MR) is 95.0 cm³/mol. The molecule has 1 N–H and O–H groups in total. The quantitative estimate of drug-likeness (QED) is 0.512. The van der Waals surface area contributed by atoms with Gasteiger partial charge in [-0.2, -0.15) is 5.10 Å². The van der Waals surface area contributed by atoms with Crippen molar-refractivity contribution in [3.05, 3.63) is 68.7 Å². The smallest absolute Gasteiger partial charge is 0.345 e. The maximum absolute atomic E-state index is 13.0. The number of anilines is 1. The number of benzene rings is 1. The van der Waals surface area contributed by atoms with E-state index in [-0.39, 0.29) is 29.0 Å². The number of nitrogens with one attached hydrogen (secondary N) is 1. The van der Waals surface area contributed by atoms with Gasteiger partial charge in [-0.05, 0) is 29.5 Å². The molecular weight excluding hydrogens is 379 g/mol. The van der Waals surface area contributed by atoms with Gasteiger partial charge in [0.2, 0.25) is 0 Å². The highest BCUT2D eigenvalue weighted by atomic mass is 35.5. The minimum absolute atomic E-state index is 0.121. The molecule has 0 saturated carbocycles. The Hall–Kier alpha value is -3.27. The maximum Gasteiger partial charge on any atom is 0.345 e. The summed E-state index contributed by atoms with van der Waals surface area (Å²) >= 11 is 6.08. The molecule has 0 unspecified atom stereocenters. The third kappa shape index (κ3) is 4.47. The highest BCUT2D eigenvalue weighted by molar-refractivity contribution is 6.33. The van der Waals surface area contributed by atoms with E-state index in [4.69, 9.17) is 11.6 Å². The molecule has 0 atom stereocenters. The topological polar surface area (TPSA) is 108 Å². The van der Waals surface area contributed by atoms with E-state index in [9.17, 15) is 19.3 Å². The summed E-state index contributed by atoms with van der Waals surface area (Å²) in [5.41, 5.74) is 1.23. The molecule has 1 amide bonds. The fourth-order valence-electron chi connectivity index (χ4n) is 2.44. The van der Waals surface area contributed by atoms with E-state index in [1.54, 1.807) is 19.1 Å². The summed E-state index contributed by atoms with van der Waals surface area (Å²) in [7, 11) is 0. The number of amides is 1. The van der Waals surface area contributed by atoms with E-state index in [1.165, 1.54) is 29.1 Å². The number of carbonyl (C=O) groups excluding carboxylic acids is 1. The fourth-order valence-corrected chi connectivity index (χ4v) is 2.64. The zero-order chi connectivity index (χ0) is 19.6. The van der Waals surface area contributed by atoms with Gasteiger partial charge in [-0.1, -0.05) is 28.8 Å². The molecule has 9 nitrogen and oxygen atoms in total. The Labute approximate surface area is 157 Å². The molecule has 1 aromatic carbocycles. The molecule has 0 spiro atoms. The van der Waals surface area contributed by atoms with Gasteiger partial charge in [0.05, 0.1) is 18.3 Å². The van der Waals surface area contributed by atoms with Crippen LogP contribution in [0, 0.1) is 22.9 Å². The van der Waals surface area contributed by atoms with Crippen molar-refractivity contribution < 1.29 is 14.1 Å². The second-order valence-corrected chi connectivity index (χ2v) is 6.16. The van der Waals surface area contributed by atoms with E-state index in [2.05, 4.69) is 15.5 Å². The normalized spacial score (nSPS) is 10.8. The van der Waals surface area contributed by atoms with E-state index < -0.39 is 10.8 Å². The van der Waals surface area contributed by atoms with E-state index in [0.717, 1.165) is 10.2 Å². The van der Waals surface area contributed by atoms with Crippen LogP contribution in [0.15, 0.2) is 36.5 Å². The van der Waals surface area contributed by atoms with E-state index >= 15 is 0 Å². The Morgan fingerprint density at radius 1 is 1.33 bits per heavy atom. The van der Waals surface area contributed by atoms with Crippen molar-refractivity contribution in [3.63, 3.8) is 0 Å². The Morgan fingerprint density at radius 3 is 2.70 bits per heavy atom. The van der Waals surface area contributed by atoms with Crippen molar-refractivity contribution in [2.45, 2.75) is 20.0 Å². The van der Waals surface area contributed by atoms with Crippen LogP contribution < -0.4 is 5.32 Å². The van der Waals surface area contributed by atoms with Crippen LogP contribution in [-0.2, 0) is 17.9 Å². The van der Waals surface area contributed by atoms with Crippen molar-refractivity contribution in [2.75, 3.05) is 5.32 Å². The molecule has 0 aliphatic heterocycles. The molecular formula is C16H14ClFN6O3. The summed E-state index contributed by atoms with van der Waals surface area (Å²) in [6.45, 7) is 1.57. The van der Waals surface area contributed by atoms with Gasteiger partial charge >= 0.3 is 5.82 Å². The summed E-state index contributed by atoms with van der Waals surface area (Å²) in [4.78, 5) is 22.5. The summed E-state index contributed by atoms with van der Waals surface area (Å²) in [6.07, 6.45) is 1.51. The van der Waals surface area contributed by atoms with Gasteiger partial charge in [0.25, 0.3) is 5.91 Å². The van der Waals surface area contributed by atoms with Crippen molar-refractivity contribution in [2.24, 2.45) is 0 Å². The third-order valence-electron chi connectivity index (χ3n) is 3.59. The lowest BCUT2D eigenvalue weighted by Gasteiger charge is -2.03. The van der Waals surface area contributed by atoms with Gasteiger partial charge in [0.1, 0.15) is 10.8 Å². The largest absolute Gasteiger partial charge is 0.358 e. The first-order chi connectivity index (χ1) is 12.8. The molecule has 0 aliphatic carbocycles. The summed E-state index contributed by atoms with van der Waals surface area (Å²) in [6, 6.07) is 7.17. The number of halogens is 2. The summed E-state index contributed by atoms with van der Waals surface area (Å²) in [5, 5.41) is 21.8. The molecule has 0 radical (unpaired) electrons. The lowest BCUT2D eigenvalue weighted by Crippen LogP contribution is -2.21. The molecule has 27 heavy (non-hydrogen) atoms. The molecule has 0 aliphatic rings. The van der Waals surface area contributed by atoms with Crippen LogP contribution in [0.3, 0.4) is 0 Å². The first kappa shape index (κ1) is 18.5. The Kier molecular flexibility index (Phi) is 5.17. The number of nitrogens with zero attached hydrogens (tertiary/aromatic N) is 5. The second kappa shape index (κ2) is 7.54. The minimum Gasteiger partial charge on any atom is -0.358 e. The number of aryl methyl sites for hydroxylation is 1. The molecule has 140 valence electrons. The van der Waals surface area contributed by atoms with Crippen LogP contribution in [0.4, 0.5) is 16.0 Å². The zero-order valence-electron chi connectivity index (χ0n) is 14.1. The molecule has 3 aromatic rings. The standard InChI is InChI=1S/C16H14ClFN6O3/c1-10-6-15(24(26)27)23(20-10)9-14(25)19-16-13(17)8-22(21-16)7-11-2-4-12(18)5-3-11/h2-6,8H,7,9H2,1H3,(H,19,21,25). The Bertz CT molecular complexity index is 998. The fraction of sp³-hybridized carbons (Fsp3) is 0.188. The average molecular weight is 393 g/mol. The van der Waals surface area contributed by atoms with Crippen LogP contribution in [-0.4, -0.2) is 30.4 Å². The maximum atomic E-state index is 13.0. The number of carbonyl (C=O) groups is 1. The number of rotatable bonds is 6. The summed E-state index contributed by atoms with van der Waals surface area (Å²) < 4.78 is 15.4. The van der Waals surface area contributed by atoms with Gasteiger partial charge in [-0.25, -0.2) is 4.39 Å². The first-order valence-electron chi connectivity index (χ1n) is 7.78. The van der Waals surface area contributed by atoms with E-state index in [1.807, 2.05) is 0 Å².